The third-order valence-electron chi connectivity index (χ3n) is 4.10. The Bertz CT molecular complexity index is 961. The second-order valence-corrected chi connectivity index (χ2v) is 8.27. The number of fused-ring (bicyclic) bond motifs is 1. The molecule has 0 saturated carbocycles. The van der Waals surface area contributed by atoms with E-state index in [1.807, 2.05) is 54.6 Å². The minimum atomic E-state index is -0.0532. The SMILES string of the molecule is CCOc1ccc2c(c1)sc(=NC(=O)CCCSCc1ccccc1)n2C. The first-order valence-electron chi connectivity index (χ1n) is 9.09. The van der Waals surface area contributed by atoms with Crippen molar-refractivity contribution in [1.29, 1.82) is 0 Å². The zero-order chi connectivity index (χ0) is 19.1. The van der Waals surface area contributed by atoms with Crippen LogP contribution < -0.4 is 9.54 Å². The third kappa shape index (κ3) is 5.47. The molecule has 3 rings (SSSR count). The molecule has 142 valence electrons. The first-order valence-corrected chi connectivity index (χ1v) is 11.1. The summed E-state index contributed by atoms with van der Waals surface area (Å²) in [5, 5.41) is 0. The van der Waals surface area contributed by atoms with Crippen LogP contribution in [0.1, 0.15) is 25.3 Å². The van der Waals surface area contributed by atoms with Crippen LogP contribution in [-0.2, 0) is 17.6 Å². The highest BCUT2D eigenvalue weighted by molar-refractivity contribution is 7.98. The number of benzene rings is 2. The van der Waals surface area contributed by atoms with Crippen molar-refractivity contribution >= 4 is 39.2 Å². The molecule has 6 heteroatoms. The topological polar surface area (TPSA) is 43.6 Å². The van der Waals surface area contributed by atoms with Crippen molar-refractivity contribution in [3.8, 4) is 5.75 Å². The van der Waals surface area contributed by atoms with Gasteiger partial charge in [0.1, 0.15) is 5.75 Å². The standard InChI is InChI=1S/C21H24N2O2S2/c1-3-25-17-11-12-18-19(14-17)27-21(23(18)2)22-20(24)10-7-13-26-15-16-8-5-4-6-9-16/h4-6,8-9,11-12,14H,3,7,10,13,15H2,1-2H3. The van der Waals surface area contributed by atoms with Crippen molar-refractivity contribution in [1.82, 2.24) is 4.57 Å². The second kappa shape index (κ2) is 9.76. The lowest BCUT2D eigenvalue weighted by Crippen LogP contribution is -2.13. The second-order valence-electron chi connectivity index (χ2n) is 6.15. The summed E-state index contributed by atoms with van der Waals surface area (Å²) in [6.45, 7) is 2.61. The van der Waals surface area contributed by atoms with Crippen molar-refractivity contribution in [2.75, 3.05) is 12.4 Å². The summed E-state index contributed by atoms with van der Waals surface area (Å²) in [4.78, 5) is 17.3. The highest BCUT2D eigenvalue weighted by Gasteiger charge is 2.06. The smallest absolute Gasteiger partial charge is 0.248 e. The molecule has 0 spiro atoms. The Morgan fingerprint density at radius 1 is 1.22 bits per heavy atom. The lowest BCUT2D eigenvalue weighted by molar-refractivity contribution is -0.118. The maximum Gasteiger partial charge on any atom is 0.248 e. The van der Waals surface area contributed by atoms with Gasteiger partial charge in [-0.05, 0) is 42.9 Å². The number of hydrogen-bond donors (Lipinski definition) is 0. The van der Waals surface area contributed by atoms with E-state index in [0.717, 1.165) is 38.7 Å². The number of carbonyl (C=O) groups is 1. The van der Waals surface area contributed by atoms with Gasteiger partial charge in [-0.1, -0.05) is 41.7 Å². The van der Waals surface area contributed by atoms with E-state index in [1.165, 1.54) is 16.9 Å². The van der Waals surface area contributed by atoms with E-state index >= 15 is 0 Å². The normalized spacial score (nSPS) is 11.9. The van der Waals surface area contributed by atoms with Gasteiger partial charge in [-0.15, -0.1) is 0 Å². The minimum Gasteiger partial charge on any atom is -0.494 e. The molecule has 0 bridgehead atoms. The third-order valence-corrected chi connectivity index (χ3v) is 6.31. The van der Waals surface area contributed by atoms with Gasteiger partial charge in [0.05, 0.1) is 16.8 Å². The molecule has 3 aromatic rings. The Kier molecular flexibility index (Phi) is 7.12. The number of nitrogens with zero attached hydrogens (tertiary/aromatic N) is 2. The predicted octanol–water partition coefficient (Wildman–Crippen LogP) is 4.78. The lowest BCUT2D eigenvalue weighted by Gasteiger charge is -2.02. The molecular weight excluding hydrogens is 376 g/mol. The van der Waals surface area contributed by atoms with Crippen molar-refractivity contribution in [3.63, 3.8) is 0 Å². The monoisotopic (exact) mass is 400 g/mol. The molecule has 2 aromatic carbocycles. The van der Waals surface area contributed by atoms with Crippen molar-refractivity contribution in [3.05, 3.63) is 58.9 Å². The summed E-state index contributed by atoms with van der Waals surface area (Å²) in [7, 11) is 1.95. The van der Waals surface area contributed by atoms with Crippen LogP contribution in [-0.4, -0.2) is 22.8 Å². The first-order chi connectivity index (χ1) is 13.2. The van der Waals surface area contributed by atoms with Gasteiger partial charge in [-0.25, -0.2) is 0 Å². The van der Waals surface area contributed by atoms with Crippen LogP contribution in [0.4, 0.5) is 0 Å². The van der Waals surface area contributed by atoms with Crippen LogP contribution in [0.25, 0.3) is 10.2 Å². The molecule has 1 amide bonds. The van der Waals surface area contributed by atoms with Gasteiger partial charge in [0.15, 0.2) is 4.80 Å². The zero-order valence-corrected chi connectivity index (χ0v) is 17.3. The molecule has 4 nitrogen and oxygen atoms in total. The molecule has 0 radical (unpaired) electrons. The molecule has 0 N–H and O–H groups in total. The van der Waals surface area contributed by atoms with Gasteiger partial charge in [0.2, 0.25) is 5.91 Å². The molecule has 0 saturated heterocycles. The number of aromatic nitrogens is 1. The minimum absolute atomic E-state index is 0.0532. The van der Waals surface area contributed by atoms with Gasteiger partial charge < -0.3 is 9.30 Å². The summed E-state index contributed by atoms with van der Waals surface area (Å²) in [6.07, 6.45) is 1.34. The average Bonchev–Trinajstić information content (AvgIpc) is 2.97. The van der Waals surface area contributed by atoms with Gasteiger partial charge in [-0.2, -0.15) is 16.8 Å². The lowest BCUT2D eigenvalue weighted by atomic mass is 10.2. The molecule has 0 fully saturated rings. The quantitative estimate of drug-likeness (QED) is 0.511. The Balaban J connectivity index is 1.55. The number of hydrogen-bond acceptors (Lipinski definition) is 4. The van der Waals surface area contributed by atoms with Crippen LogP contribution in [0.5, 0.6) is 5.75 Å². The van der Waals surface area contributed by atoms with Crippen LogP contribution in [0.15, 0.2) is 53.5 Å². The molecule has 1 heterocycles. The summed E-state index contributed by atoms with van der Waals surface area (Å²) < 4.78 is 8.60. The van der Waals surface area contributed by atoms with E-state index in [0.29, 0.717) is 13.0 Å². The number of thiazole rings is 1. The van der Waals surface area contributed by atoms with Crippen molar-refractivity contribution in [2.45, 2.75) is 25.5 Å². The highest BCUT2D eigenvalue weighted by atomic mass is 32.2. The number of rotatable bonds is 8. The van der Waals surface area contributed by atoms with Crippen LogP contribution in [0, 0.1) is 0 Å². The number of thioether (sulfide) groups is 1. The number of carbonyl (C=O) groups excluding carboxylic acids is 1. The molecule has 0 atom stereocenters. The van der Waals surface area contributed by atoms with E-state index in [-0.39, 0.29) is 5.91 Å². The van der Waals surface area contributed by atoms with Gasteiger partial charge in [-0.3, -0.25) is 4.79 Å². The summed E-state index contributed by atoms with van der Waals surface area (Å²) in [5.41, 5.74) is 2.38. The van der Waals surface area contributed by atoms with E-state index in [2.05, 4.69) is 29.3 Å². The molecular formula is C21H24N2O2S2. The van der Waals surface area contributed by atoms with Gasteiger partial charge in [0.25, 0.3) is 0 Å². The molecule has 0 aliphatic rings. The van der Waals surface area contributed by atoms with Crippen LogP contribution >= 0.6 is 23.1 Å². The first kappa shape index (κ1) is 19.7. The number of aryl methyl sites for hydroxylation is 1. The molecule has 0 aliphatic carbocycles. The maximum atomic E-state index is 12.2. The molecule has 0 aliphatic heterocycles. The Morgan fingerprint density at radius 3 is 2.81 bits per heavy atom. The predicted molar refractivity (Wildman–Crippen MR) is 114 cm³/mol. The van der Waals surface area contributed by atoms with Crippen LogP contribution in [0.2, 0.25) is 0 Å². The fraction of sp³-hybridized carbons (Fsp3) is 0.333. The maximum absolute atomic E-state index is 12.2. The van der Waals surface area contributed by atoms with E-state index in [4.69, 9.17) is 4.74 Å². The largest absolute Gasteiger partial charge is 0.494 e. The Hall–Kier alpha value is -2.05. The molecule has 1 aromatic heterocycles. The fourth-order valence-corrected chi connectivity index (χ4v) is 4.71. The summed E-state index contributed by atoms with van der Waals surface area (Å²) >= 11 is 3.38. The van der Waals surface area contributed by atoms with E-state index < -0.39 is 0 Å². The van der Waals surface area contributed by atoms with Crippen LogP contribution in [0.3, 0.4) is 0 Å². The molecule has 27 heavy (non-hydrogen) atoms. The molecule has 0 unspecified atom stereocenters. The Labute approximate surface area is 167 Å². The highest BCUT2D eigenvalue weighted by Crippen LogP contribution is 2.22. The Morgan fingerprint density at radius 2 is 2.04 bits per heavy atom. The zero-order valence-electron chi connectivity index (χ0n) is 15.7. The summed E-state index contributed by atoms with van der Waals surface area (Å²) in [6, 6.07) is 16.4. The average molecular weight is 401 g/mol. The number of amides is 1. The van der Waals surface area contributed by atoms with Crippen molar-refractivity contribution in [2.24, 2.45) is 12.0 Å². The van der Waals surface area contributed by atoms with Gasteiger partial charge >= 0.3 is 0 Å². The fourth-order valence-electron chi connectivity index (χ4n) is 2.73. The van der Waals surface area contributed by atoms with E-state index in [9.17, 15) is 4.79 Å². The summed E-state index contributed by atoms with van der Waals surface area (Å²) in [5.74, 6) is 2.74. The number of ether oxygens (including phenoxy) is 1. The van der Waals surface area contributed by atoms with Gasteiger partial charge in [0, 0.05) is 19.2 Å². The van der Waals surface area contributed by atoms with E-state index in [1.54, 1.807) is 0 Å². The van der Waals surface area contributed by atoms with Crippen molar-refractivity contribution < 1.29 is 9.53 Å².